The molecule has 0 aliphatic carbocycles. The summed E-state index contributed by atoms with van der Waals surface area (Å²) in [7, 11) is 0. The second-order valence-corrected chi connectivity index (χ2v) is 3.34. The van der Waals surface area contributed by atoms with Gasteiger partial charge >= 0.3 is 0 Å². The first-order valence-corrected chi connectivity index (χ1v) is 4.18. The normalized spacial score (nSPS) is 14.5. The Morgan fingerprint density at radius 1 is 1.15 bits per heavy atom. The summed E-state index contributed by atoms with van der Waals surface area (Å²) < 4.78 is 5.00. The molecule has 0 heterocycles. The summed E-state index contributed by atoms with van der Waals surface area (Å²) >= 11 is 0. The van der Waals surface area contributed by atoms with E-state index in [9.17, 15) is 0 Å². The Morgan fingerprint density at radius 3 is 1.92 bits per heavy atom. The van der Waals surface area contributed by atoms with Crippen LogP contribution in [0.4, 0.5) is 0 Å². The highest BCUT2D eigenvalue weighted by molar-refractivity contribution is 4.76. The second kappa shape index (κ2) is 6.28. The molecule has 1 unspecified atom stereocenters. The minimum absolute atomic E-state index is 0.0292. The monoisotopic (exact) mass is 194 g/mol. The number of aliphatic hydroxyl groups excluding tert-OH is 4. The van der Waals surface area contributed by atoms with Gasteiger partial charge in [0.1, 0.15) is 0 Å². The van der Waals surface area contributed by atoms with Crippen molar-refractivity contribution >= 4 is 0 Å². The molecule has 0 bridgehead atoms. The standard InChI is InChI=1S/C8H18O5/c1-7(12)2-13-6-8(3-9,4-10)5-11/h7,9-12H,2-6H2,1H3. The van der Waals surface area contributed by atoms with Crippen molar-refractivity contribution in [3.8, 4) is 0 Å². The van der Waals surface area contributed by atoms with Crippen molar-refractivity contribution in [1.82, 2.24) is 0 Å². The molecule has 0 aliphatic heterocycles. The molecular formula is C8H18O5. The summed E-state index contributed by atoms with van der Waals surface area (Å²) in [6, 6.07) is 0. The molecule has 5 nitrogen and oxygen atoms in total. The molecule has 0 spiro atoms. The van der Waals surface area contributed by atoms with Gasteiger partial charge in [0.15, 0.2) is 0 Å². The van der Waals surface area contributed by atoms with Crippen molar-refractivity contribution in [2.45, 2.75) is 13.0 Å². The highest BCUT2D eigenvalue weighted by Crippen LogP contribution is 2.14. The van der Waals surface area contributed by atoms with Crippen LogP contribution >= 0.6 is 0 Å². The molecule has 0 aromatic carbocycles. The van der Waals surface area contributed by atoms with Crippen LogP contribution in [0.3, 0.4) is 0 Å². The lowest BCUT2D eigenvalue weighted by atomic mass is 9.93. The van der Waals surface area contributed by atoms with Crippen LogP contribution in [0.25, 0.3) is 0 Å². The van der Waals surface area contributed by atoms with E-state index in [0.717, 1.165) is 0 Å². The van der Waals surface area contributed by atoms with Crippen molar-refractivity contribution in [2.24, 2.45) is 5.41 Å². The number of hydrogen-bond acceptors (Lipinski definition) is 5. The van der Waals surface area contributed by atoms with Crippen LogP contribution in [0.2, 0.25) is 0 Å². The smallest absolute Gasteiger partial charge is 0.0745 e. The van der Waals surface area contributed by atoms with E-state index in [4.69, 9.17) is 25.2 Å². The molecule has 0 amide bonds. The third-order valence-electron chi connectivity index (χ3n) is 1.77. The molecule has 0 aromatic rings. The van der Waals surface area contributed by atoms with Gasteiger partial charge in [0.05, 0.1) is 44.6 Å². The van der Waals surface area contributed by atoms with Crippen LogP contribution in [0, 0.1) is 5.41 Å². The van der Waals surface area contributed by atoms with Gasteiger partial charge in [0, 0.05) is 0 Å². The summed E-state index contributed by atoms with van der Waals surface area (Å²) in [6.45, 7) is 0.682. The third kappa shape index (κ3) is 4.54. The van der Waals surface area contributed by atoms with Gasteiger partial charge in [-0.25, -0.2) is 0 Å². The molecular weight excluding hydrogens is 176 g/mol. The molecule has 13 heavy (non-hydrogen) atoms. The lowest BCUT2D eigenvalue weighted by Crippen LogP contribution is -2.39. The van der Waals surface area contributed by atoms with Crippen molar-refractivity contribution < 1.29 is 25.2 Å². The second-order valence-electron chi connectivity index (χ2n) is 3.34. The van der Waals surface area contributed by atoms with E-state index < -0.39 is 11.5 Å². The third-order valence-corrected chi connectivity index (χ3v) is 1.77. The molecule has 1 atom stereocenters. The molecule has 80 valence electrons. The molecule has 5 heteroatoms. The molecule has 4 N–H and O–H groups in total. The molecule has 0 saturated heterocycles. The van der Waals surface area contributed by atoms with Crippen LogP contribution in [-0.2, 0) is 4.74 Å². The van der Waals surface area contributed by atoms with Gasteiger partial charge in [-0.2, -0.15) is 0 Å². The molecule has 0 fully saturated rings. The zero-order valence-electron chi connectivity index (χ0n) is 7.81. The average molecular weight is 194 g/mol. The van der Waals surface area contributed by atoms with E-state index in [-0.39, 0.29) is 33.0 Å². The van der Waals surface area contributed by atoms with Gasteiger partial charge in [-0.15, -0.1) is 0 Å². The Kier molecular flexibility index (Phi) is 6.19. The molecule has 0 aromatic heterocycles. The van der Waals surface area contributed by atoms with Gasteiger partial charge in [0.2, 0.25) is 0 Å². The maximum absolute atomic E-state index is 8.88. The van der Waals surface area contributed by atoms with E-state index in [2.05, 4.69) is 0 Å². The maximum atomic E-state index is 8.88. The molecule has 0 aliphatic rings. The summed E-state index contributed by atoms with van der Waals surface area (Å²) in [6.07, 6.45) is -0.589. The first-order chi connectivity index (χ1) is 6.10. The van der Waals surface area contributed by atoms with E-state index in [1.165, 1.54) is 0 Å². The number of rotatable bonds is 7. The number of hydrogen-bond donors (Lipinski definition) is 4. The zero-order valence-corrected chi connectivity index (χ0v) is 7.81. The van der Waals surface area contributed by atoms with Crippen molar-refractivity contribution in [3.63, 3.8) is 0 Å². The summed E-state index contributed by atoms with van der Waals surface area (Å²) in [5.41, 5.74) is -1.01. The zero-order chi connectivity index (χ0) is 10.3. The quantitative estimate of drug-likeness (QED) is 0.390. The highest BCUT2D eigenvalue weighted by Gasteiger charge is 2.28. The maximum Gasteiger partial charge on any atom is 0.0745 e. The van der Waals surface area contributed by atoms with Crippen molar-refractivity contribution in [3.05, 3.63) is 0 Å². The van der Waals surface area contributed by atoms with E-state index in [1.54, 1.807) is 6.92 Å². The van der Waals surface area contributed by atoms with Crippen LogP contribution in [0.1, 0.15) is 6.92 Å². The number of ether oxygens (including phenoxy) is 1. The number of aliphatic hydroxyl groups is 4. The summed E-state index contributed by atoms with van der Waals surface area (Å²) in [4.78, 5) is 0. The highest BCUT2D eigenvalue weighted by atomic mass is 16.5. The van der Waals surface area contributed by atoms with Gasteiger partial charge in [-0.05, 0) is 6.92 Å². The van der Waals surface area contributed by atoms with Crippen molar-refractivity contribution in [1.29, 1.82) is 0 Å². The molecule has 0 saturated carbocycles. The average Bonchev–Trinajstić information content (AvgIpc) is 2.13. The van der Waals surface area contributed by atoms with Gasteiger partial charge in [0.25, 0.3) is 0 Å². The summed E-state index contributed by atoms with van der Waals surface area (Å²) in [5, 5.41) is 35.5. The first-order valence-electron chi connectivity index (χ1n) is 4.18. The fraction of sp³-hybridized carbons (Fsp3) is 1.00. The van der Waals surface area contributed by atoms with Gasteiger partial charge < -0.3 is 25.2 Å². The van der Waals surface area contributed by atoms with Crippen LogP contribution in [-0.4, -0.2) is 59.6 Å². The Morgan fingerprint density at radius 2 is 1.62 bits per heavy atom. The Bertz CT molecular complexity index is 113. The minimum atomic E-state index is -1.01. The lowest BCUT2D eigenvalue weighted by molar-refractivity contribution is -0.0711. The Hall–Kier alpha value is -0.200. The van der Waals surface area contributed by atoms with Crippen LogP contribution < -0.4 is 0 Å². The van der Waals surface area contributed by atoms with Crippen LogP contribution in [0.15, 0.2) is 0 Å². The van der Waals surface area contributed by atoms with Crippen molar-refractivity contribution in [2.75, 3.05) is 33.0 Å². The van der Waals surface area contributed by atoms with E-state index in [1.807, 2.05) is 0 Å². The minimum Gasteiger partial charge on any atom is -0.396 e. The van der Waals surface area contributed by atoms with Crippen LogP contribution in [0.5, 0.6) is 0 Å². The Labute approximate surface area is 77.6 Å². The summed E-state index contributed by atoms with van der Waals surface area (Å²) in [5.74, 6) is 0. The molecule has 0 radical (unpaired) electrons. The molecule has 0 rings (SSSR count). The lowest BCUT2D eigenvalue weighted by Gasteiger charge is -2.27. The van der Waals surface area contributed by atoms with E-state index in [0.29, 0.717) is 0 Å². The fourth-order valence-corrected chi connectivity index (χ4v) is 0.733. The SMILES string of the molecule is CC(O)COCC(CO)(CO)CO. The van der Waals surface area contributed by atoms with E-state index >= 15 is 0 Å². The Balaban J connectivity index is 3.81. The predicted octanol–water partition coefficient (Wildman–Crippen LogP) is -1.65. The largest absolute Gasteiger partial charge is 0.396 e. The first kappa shape index (κ1) is 12.8. The topological polar surface area (TPSA) is 90.2 Å². The fourth-order valence-electron chi connectivity index (χ4n) is 0.733. The predicted molar refractivity (Wildman–Crippen MR) is 46.2 cm³/mol. The van der Waals surface area contributed by atoms with Gasteiger partial charge in [-0.3, -0.25) is 0 Å². The van der Waals surface area contributed by atoms with Gasteiger partial charge in [-0.1, -0.05) is 0 Å².